The molecular formula is C39H69NO9. The van der Waals surface area contributed by atoms with Gasteiger partial charge >= 0.3 is 5.97 Å². The lowest BCUT2D eigenvalue weighted by molar-refractivity contribution is -0.142. The van der Waals surface area contributed by atoms with Crippen LogP contribution in [0.3, 0.4) is 0 Å². The molecule has 2 N–H and O–H groups in total. The highest BCUT2D eigenvalue weighted by Crippen LogP contribution is 2.11. The predicted octanol–water partition coefficient (Wildman–Crippen LogP) is 6.73. The van der Waals surface area contributed by atoms with Crippen LogP contribution in [0, 0.1) is 23.7 Å². The molecule has 0 saturated carbocycles. The Morgan fingerprint density at radius 3 is 1.29 bits per heavy atom. The number of rotatable bonds is 38. The molecule has 0 aromatic heterocycles. The number of carboxylic acid groups (broad SMARTS) is 1. The maximum absolute atomic E-state index is 12.0. The second-order valence-electron chi connectivity index (χ2n) is 12.0. The summed E-state index contributed by atoms with van der Waals surface area (Å²) >= 11 is 0. The van der Waals surface area contributed by atoms with Gasteiger partial charge in [0.05, 0.1) is 72.7 Å². The Morgan fingerprint density at radius 1 is 0.490 bits per heavy atom. The number of ether oxygens (including phenoxy) is 6. The van der Waals surface area contributed by atoms with Crippen LogP contribution in [0.25, 0.3) is 0 Å². The second-order valence-corrected chi connectivity index (χ2v) is 12.0. The van der Waals surface area contributed by atoms with Crippen LogP contribution in [0.15, 0.2) is 0 Å². The van der Waals surface area contributed by atoms with Crippen molar-refractivity contribution in [2.24, 2.45) is 0 Å². The molecule has 0 aromatic rings. The molecule has 0 aliphatic heterocycles. The van der Waals surface area contributed by atoms with Crippen molar-refractivity contribution in [2.75, 3.05) is 85.8 Å². The van der Waals surface area contributed by atoms with E-state index in [0.29, 0.717) is 79.0 Å². The average molecular weight is 696 g/mol. The third kappa shape index (κ3) is 43.8. The fraction of sp³-hybridized carbons (Fsp3) is 0.846. The quantitative estimate of drug-likeness (QED) is 0.0535. The Labute approximate surface area is 298 Å². The van der Waals surface area contributed by atoms with E-state index < -0.39 is 5.97 Å². The molecule has 0 bridgehead atoms. The van der Waals surface area contributed by atoms with Gasteiger partial charge in [-0.2, -0.15) is 0 Å². The molecular weight excluding hydrogens is 626 g/mol. The van der Waals surface area contributed by atoms with Crippen LogP contribution in [-0.4, -0.2) is 103 Å². The molecule has 49 heavy (non-hydrogen) atoms. The standard InChI is InChI=1S/C39H69NO9/c1-2-3-4-5-6-7-8-9-10-11-12-13-14-15-16-17-18-19-20-21-22-23-24-38(41)40-25-26-44-27-28-45-29-30-46-31-32-47-33-34-48-35-36-49-37-39(42)43/h2-12,17-37H2,1H3,(H,40,41)(H,42,43). The first kappa shape index (κ1) is 46.8. The van der Waals surface area contributed by atoms with Crippen molar-refractivity contribution in [3.8, 4) is 23.7 Å². The summed E-state index contributed by atoms with van der Waals surface area (Å²) in [5.74, 6) is 11.5. The fourth-order valence-electron chi connectivity index (χ4n) is 4.73. The Balaban J connectivity index is 3.26. The fourth-order valence-corrected chi connectivity index (χ4v) is 4.73. The molecule has 0 radical (unpaired) electrons. The number of hydrogen-bond acceptors (Lipinski definition) is 8. The topological polar surface area (TPSA) is 122 Å². The zero-order valence-electron chi connectivity index (χ0n) is 30.8. The van der Waals surface area contributed by atoms with Crippen molar-refractivity contribution >= 4 is 11.9 Å². The first-order chi connectivity index (χ1) is 24.2. The second kappa shape index (κ2) is 42.0. The van der Waals surface area contributed by atoms with Crippen molar-refractivity contribution < 1.29 is 43.1 Å². The van der Waals surface area contributed by atoms with Crippen molar-refractivity contribution in [2.45, 2.75) is 129 Å². The maximum Gasteiger partial charge on any atom is 0.329 e. The van der Waals surface area contributed by atoms with Gasteiger partial charge in [-0.05, 0) is 31.1 Å². The first-order valence-electron chi connectivity index (χ1n) is 19.1. The van der Waals surface area contributed by atoms with E-state index >= 15 is 0 Å². The Morgan fingerprint density at radius 2 is 0.857 bits per heavy atom. The molecule has 0 rings (SSSR count). The molecule has 0 spiro atoms. The molecule has 0 aliphatic rings. The van der Waals surface area contributed by atoms with Crippen molar-refractivity contribution in [1.82, 2.24) is 5.32 Å². The number of carbonyl (C=O) groups is 2. The number of carbonyl (C=O) groups excluding carboxylic acids is 1. The zero-order chi connectivity index (χ0) is 35.6. The van der Waals surface area contributed by atoms with Gasteiger partial charge in [-0.3, -0.25) is 4.79 Å². The van der Waals surface area contributed by atoms with Crippen molar-refractivity contribution in [3.63, 3.8) is 0 Å². The van der Waals surface area contributed by atoms with Crippen molar-refractivity contribution in [1.29, 1.82) is 0 Å². The van der Waals surface area contributed by atoms with Gasteiger partial charge in [0.2, 0.25) is 5.91 Å². The monoisotopic (exact) mass is 695 g/mol. The van der Waals surface area contributed by atoms with Crippen LogP contribution in [0.5, 0.6) is 0 Å². The molecule has 10 heteroatoms. The lowest BCUT2D eigenvalue weighted by Gasteiger charge is -2.08. The van der Waals surface area contributed by atoms with Crippen LogP contribution in [0.2, 0.25) is 0 Å². The lowest BCUT2D eigenvalue weighted by Crippen LogP contribution is -2.27. The van der Waals surface area contributed by atoms with Crippen LogP contribution in [0.4, 0.5) is 0 Å². The molecule has 0 unspecified atom stereocenters. The summed E-state index contributed by atoms with van der Waals surface area (Å²) in [6, 6.07) is 0. The Hall–Kier alpha value is -2.18. The normalized spacial score (nSPS) is 10.7. The van der Waals surface area contributed by atoms with Gasteiger partial charge in [-0.25, -0.2) is 4.79 Å². The summed E-state index contributed by atoms with van der Waals surface area (Å²) in [7, 11) is 0. The van der Waals surface area contributed by atoms with Gasteiger partial charge in [0.25, 0.3) is 0 Å². The third-order valence-corrected chi connectivity index (χ3v) is 7.50. The number of amides is 1. The molecule has 0 atom stereocenters. The highest BCUT2D eigenvalue weighted by atomic mass is 16.6. The Bertz CT molecular complexity index is 847. The molecule has 0 aromatic carbocycles. The predicted molar refractivity (Wildman–Crippen MR) is 195 cm³/mol. The van der Waals surface area contributed by atoms with E-state index in [4.69, 9.17) is 33.5 Å². The smallest absolute Gasteiger partial charge is 0.329 e. The highest BCUT2D eigenvalue weighted by molar-refractivity contribution is 5.75. The van der Waals surface area contributed by atoms with E-state index in [2.05, 4.69) is 35.9 Å². The molecule has 0 saturated heterocycles. The molecule has 284 valence electrons. The highest BCUT2D eigenvalue weighted by Gasteiger charge is 2.01. The summed E-state index contributed by atoms with van der Waals surface area (Å²) < 4.78 is 31.9. The van der Waals surface area contributed by atoms with E-state index in [1.807, 2.05) is 0 Å². The van der Waals surface area contributed by atoms with Gasteiger partial charge in [0.1, 0.15) is 6.61 Å². The van der Waals surface area contributed by atoms with Gasteiger partial charge in [-0.1, -0.05) is 102 Å². The number of hydrogen-bond donors (Lipinski definition) is 2. The number of carboxylic acids is 1. The Kier molecular flexibility index (Phi) is 40.1. The van der Waals surface area contributed by atoms with E-state index in [0.717, 1.165) is 38.5 Å². The molecule has 0 heterocycles. The van der Waals surface area contributed by atoms with E-state index in [1.54, 1.807) is 0 Å². The van der Waals surface area contributed by atoms with E-state index in [1.165, 1.54) is 77.0 Å². The minimum absolute atomic E-state index is 0.0839. The van der Waals surface area contributed by atoms with Crippen LogP contribution in [0.1, 0.15) is 129 Å². The van der Waals surface area contributed by atoms with E-state index in [9.17, 15) is 9.59 Å². The van der Waals surface area contributed by atoms with Crippen LogP contribution < -0.4 is 5.32 Å². The number of nitrogens with one attached hydrogen (secondary N) is 1. The third-order valence-electron chi connectivity index (χ3n) is 7.50. The van der Waals surface area contributed by atoms with Gasteiger partial charge in [-0.15, -0.1) is 0 Å². The summed E-state index contributed by atoms with van der Waals surface area (Å²) in [4.78, 5) is 22.3. The SMILES string of the molecule is CCCCCCCCCCCCC#CC#CCCCCCCCCC(=O)NCCOCCOCCOCCOCCOCCOCC(=O)O. The van der Waals surface area contributed by atoms with Crippen LogP contribution >= 0.6 is 0 Å². The summed E-state index contributed by atoms with van der Waals surface area (Å²) in [6.45, 7) is 7.17. The van der Waals surface area contributed by atoms with E-state index in [-0.39, 0.29) is 19.1 Å². The van der Waals surface area contributed by atoms with Gasteiger partial charge in [0, 0.05) is 25.8 Å². The van der Waals surface area contributed by atoms with Crippen LogP contribution in [-0.2, 0) is 38.0 Å². The molecule has 0 fully saturated rings. The summed E-state index contributed by atoms with van der Waals surface area (Å²) in [5.41, 5.74) is 0. The van der Waals surface area contributed by atoms with Crippen molar-refractivity contribution in [3.05, 3.63) is 0 Å². The summed E-state index contributed by atoms with van der Waals surface area (Å²) in [6.07, 6.45) is 22.7. The first-order valence-corrected chi connectivity index (χ1v) is 19.1. The maximum atomic E-state index is 12.0. The minimum Gasteiger partial charge on any atom is -0.480 e. The zero-order valence-corrected chi connectivity index (χ0v) is 30.8. The number of unbranched alkanes of at least 4 members (excludes halogenated alkanes) is 16. The average Bonchev–Trinajstić information content (AvgIpc) is 3.09. The number of aliphatic carboxylic acids is 1. The minimum atomic E-state index is -0.994. The summed E-state index contributed by atoms with van der Waals surface area (Å²) in [5, 5.41) is 11.3. The lowest BCUT2D eigenvalue weighted by atomic mass is 10.1. The molecule has 10 nitrogen and oxygen atoms in total. The molecule has 1 amide bonds. The van der Waals surface area contributed by atoms with Gasteiger partial charge < -0.3 is 38.8 Å². The van der Waals surface area contributed by atoms with Gasteiger partial charge in [0.15, 0.2) is 0 Å². The largest absolute Gasteiger partial charge is 0.480 e. The molecule has 0 aliphatic carbocycles.